The molecule has 0 atom stereocenters. The monoisotopic (exact) mass is 403 g/mol. The van der Waals surface area contributed by atoms with Crippen molar-refractivity contribution in [2.45, 2.75) is 57.8 Å². The highest BCUT2D eigenvalue weighted by Crippen LogP contribution is 2.43. The molecule has 29 heavy (non-hydrogen) atoms. The summed E-state index contributed by atoms with van der Waals surface area (Å²) in [6, 6.07) is 8.63. The number of rotatable bonds is 10. The van der Waals surface area contributed by atoms with Gasteiger partial charge in [-0.25, -0.2) is 0 Å². The molecule has 0 unspecified atom stereocenters. The van der Waals surface area contributed by atoms with E-state index in [9.17, 15) is 0 Å². The van der Waals surface area contributed by atoms with Gasteiger partial charge in [0.1, 0.15) is 0 Å². The third-order valence-corrected chi connectivity index (χ3v) is 6.24. The van der Waals surface area contributed by atoms with E-state index in [1.165, 1.54) is 30.4 Å². The SMILES string of the molecule is CN=C(NCc1ccc(COC2CCOCC2)cc1)NCC1(CCOC)CCC1. The topological polar surface area (TPSA) is 64.1 Å². The first kappa shape index (κ1) is 22.1. The van der Waals surface area contributed by atoms with Crippen molar-refractivity contribution in [3.05, 3.63) is 35.4 Å². The second kappa shape index (κ2) is 11.5. The average Bonchev–Trinajstić information content (AvgIpc) is 2.74. The highest BCUT2D eigenvalue weighted by Gasteiger charge is 2.36. The van der Waals surface area contributed by atoms with Gasteiger partial charge in [-0.3, -0.25) is 4.99 Å². The fraction of sp³-hybridized carbons (Fsp3) is 0.696. The fourth-order valence-electron chi connectivity index (χ4n) is 4.00. The molecule has 1 saturated carbocycles. The third kappa shape index (κ3) is 6.98. The molecule has 0 aromatic heterocycles. The summed E-state index contributed by atoms with van der Waals surface area (Å²) >= 11 is 0. The molecule has 1 aliphatic heterocycles. The van der Waals surface area contributed by atoms with E-state index in [0.29, 0.717) is 18.1 Å². The maximum absolute atomic E-state index is 6.00. The molecular formula is C23H37N3O3. The van der Waals surface area contributed by atoms with Crippen molar-refractivity contribution >= 4 is 5.96 Å². The van der Waals surface area contributed by atoms with Gasteiger partial charge >= 0.3 is 0 Å². The van der Waals surface area contributed by atoms with Crippen molar-refractivity contribution in [3.63, 3.8) is 0 Å². The van der Waals surface area contributed by atoms with Gasteiger partial charge in [0, 0.05) is 47.1 Å². The average molecular weight is 404 g/mol. The van der Waals surface area contributed by atoms with Crippen LogP contribution >= 0.6 is 0 Å². The molecule has 1 heterocycles. The summed E-state index contributed by atoms with van der Waals surface area (Å²) in [6.07, 6.45) is 7.33. The Morgan fingerprint density at radius 3 is 2.48 bits per heavy atom. The lowest BCUT2D eigenvalue weighted by Gasteiger charge is -2.42. The van der Waals surface area contributed by atoms with E-state index in [4.69, 9.17) is 14.2 Å². The zero-order valence-corrected chi connectivity index (χ0v) is 18.0. The molecule has 162 valence electrons. The standard InChI is InChI=1S/C23H37N3O3/c1-24-22(26-18-23(10-3-11-23)12-15-27-2)25-16-19-4-6-20(7-5-19)17-29-21-8-13-28-14-9-21/h4-7,21H,3,8-18H2,1-2H3,(H2,24,25,26). The van der Waals surface area contributed by atoms with E-state index in [2.05, 4.69) is 39.9 Å². The van der Waals surface area contributed by atoms with Crippen LogP contribution in [-0.2, 0) is 27.4 Å². The summed E-state index contributed by atoms with van der Waals surface area (Å²) in [5.74, 6) is 0.862. The lowest BCUT2D eigenvalue weighted by molar-refractivity contribution is -0.0390. The normalized spacial score (nSPS) is 19.6. The smallest absolute Gasteiger partial charge is 0.191 e. The Bertz CT molecular complexity index is 623. The zero-order valence-electron chi connectivity index (χ0n) is 18.0. The number of benzene rings is 1. The Morgan fingerprint density at radius 1 is 1.14 bits per heavy atom. The molecule has 0 spiro atoms. The van der Waals surface area contributed by atoms with Crippen LogP contribution in [0.2, 0.25) is 0 Å². The van der Waals surface area contributed by atoms with Crippen LogP contribution in [0.4, 0.5) is 0 Å². The lowest BCUT2D eigenvalue weighted by atomic mass is 9.67. The maximum Gasteiger partial charge on any atom is 0.191 e. The van der Waals surface area contributed by atoms with Crippen LogP contribution in [-0.4, -0.2) is 52.6 Å². The Kier molecular flexibility index (Phi) is 8.77. The maximum atomic E-state index is 6.00. The summed E-state index contributed by atoms with van der Waals surface area (Å²) < 4.78 is 16.7. The second-order valence-corrected chi connectivity index (χ2v) is 8.31. The van der Waals surface area contributed by atoms with E-state index in [1.807, 2.05) is 7.05 Å². The van der Waals surface area contributed by atoms with Gasteiger partial charge in [-0.1, -0.05) is 30.7 Å². The molecular weight excluding hydrogens is 366 g/mol. The first-order chi connectivity index (χ1) is 14.2. The minimum absolute atomic E-state index is 0.336. The third-order valence-electron chi connectivity index (χ3n) is 6.24. The summed E-state index contributed by atoms with van der Waals surface area (Å²) in [5, 5.41) is 6.94. The quantitative estimate of drug-likeness (QED) is 0.464. The molecule has 2 aliphatic rings. The van der Waals surface area contributed by atoms with E-state index < -0.39 is 0 Å². The van der Waals surface area contributed by atoms with Crippen LogP contribution in [0.3, 0.4) is 0 Å². The molecule has 6 heteroatoms. The minimum atomic E-state index is 0.336. The number of methoxy groups -OCH3 is 1. The van der Waals surface area contributed by atoms with Crippen LogP contribution in [0, 0.1) is 5.41 Å². The Balaban J connectivity index is 1.38. The van der Waals surface area contributed by atoms with Crippen LogP contribution in [0.15, 0.2) is 29.3 Å². The van der Waals surface area contributed by atoms with Crippen molar-refractivity contribution < 1.29 is 14.2 Å². The van der Waals surface area contributed by atoms with Crippen molar-refractivity contribution in [1.82, 2.24) is 10.6 Å². The molecule has 0 bridgehead atoms. The number of ether oxygens (including phenoxy) is 3. The summed E-state index contributed by atoms with van der Waals surface area (Å²) in [4.78, 5) is 4.38. The number of hydrogen-bond donors (Lipinski definition) is 2. The fourth-order valence-corrected chi connectivity index (χ4v) is 4.00. The molecule has 2 N–H and O–H groups in total. The first-order valence-corrected chi connectivity index (χ1v) is 10.9. The van der Waals surface area contributed by atoms with Crippen LogP contribution in [0.25, 0.3) is 0 Å². The molecule has 0 amide bonds. The number of nitrogens with zero attached hydrogens (tertiary/aromatic N) is 1. The number of hydrogen-bond acceptors (Lipinski definition) is 4. The highest BCUT2D eigenvalue weighted by atomic mass is 16.5. The molecule has 2 fully saturated rings. The van der Waals surface area contributed by atoms with Gasteiger partial charge < -0.3 is 24.8 Å². The summed E-state index contributed by atoms with van der Waals surface area (Å²) in [6.45, 7) is 4.85. The summed E-state index contributed by atoms with van der Waals surface area (Å²) in [7, 11) is 3.61. The summed E-state index contributed by atoms with van der Waals surface area (Å²) in [5.41, 5.74) is 2.83. The number of aliphatic imine (C=N–C) groups is 1. The lowest BCUT2D eigenvalue weighted by Crippen LogP contribution is -2.46. The molecule has 0 radical (unpaired) electrons. The van der Waals surface area contributed by atoms with Crippen molar-refractivity contribution in [2.24, 2.45) is 10.4 Å². The number of guanidine groups is 1. The molecule has 1 aromatic carbocycles. The van der Waals surface area contributed by atoms with Gasteiger partial charge in [0.2, 0.25) is 0 Å². The first-order valence-electron chi connectivity index (χ1n) is 10.9. The van der Waals surface area contributed by atoms with E-state index >= 15 is 0 Å². The minimum Gasteiger partial charge on any atom is -0.385 e. The Hall–Kier alpha value is -1.63. The Labute approximate surface area is 175 Å². The van der Waals surface area contributed by atoms with Crippen LogP contribution in [0.1, 0.15) is 49.7 Å². The zero-order chi connectivity index (χ0) is 20.4. The van der Waals surface area contributed by atoms with Crippen LogP contribution in [0.5, 0.6) is 0 Å². The van der Waals surface area contributed by atoms with Gasteiger partial charge in [0.15, 0.2) is 5.96 Å². The predicted octanol–water partition coefficient (Wildman–Crippen LogP) is 3.25. The molecule has 3 rings (SSSR count). The molecule has 6 nitrogen and oxygen atoms in total. The largest absolute Gasteiger partial charge is 0.385 e. The van der Waals surface area contributed by atoms with E-state index in [-0.39, 0.29) is 0 Å². The van der Waals surface area contributed by atoms with Gasteiger partial charge in [0.25, 0.3) is 0 Å². The second-order valence-electron chi connectivity index (χ2n) is 8.31. The highest BCUT2D eigenvalue weighted by molar-refractivity contribution is 5.79. The van der Waals surface area contributed by atoms with Crippen molar-refractivity contribution in [1.29, 1.82) is 0 Å². The van der Waals surface area contributed by atoms with Gasteiger partial charge in [-0.05, 0) is 48.6 Å². The van der Waals surface area contributed by atoms with Crippen molar-refractivity contribution in [3.8, 4) is 0 Å². The van der Waals surface area contributed by atoms with Gasteiger partial charge in [-0.2, -0.15) is 0 Å². The molecule has 1 aliphatic carbocycles. The van der Waals surface area contributed by atoms with Gasteiger partial charge in [-0.15, -0.1) is 0 Å². The van der Waals surface area contributed by atoms with E-state index in [0.717, 1.165) is 58.1 Å². The Morgan fingerprint density at radius 2 is 1.86 bits per heavy atom. The molecule has 1 aromatic rings. The number of nitrogens with one attached hydrogen (secondary N) is 2. The van der Waals surface area contributed by atoms with Gasteiger partial charge in [0.05, 0.1) is 12.7 Å². The van der Waals surface area contributed by atoms with Crippen LogP contribution < -0.4 is 10.6 Å². The predicted molar refractivity (Wildman–Crippen MR) is 116 cm³/mol. The van der Waals surface area contributed by atoms with E-state index in [1.54, 1.807) is 7.11 Å². The molecule has 1 saturated heterocycles. The van der Waals surface area contributed by atoms with Crippen molar-refractivity contribution in [2.75, 3.05) is 40.5 Å².